The first-order chi connectivity index (χ1) is 11.5. The summed E-state index contributed by atoms with van der Waals surface area (Å²) >= 11 is 0. The highest BCUT2D eigenvalue weighted by atomic mass is 16.3. The maximum Gasteiger partial charge on any atom is 0.251 e. The lowest BCUT2D eigenvalue weighted by molar-refractivity contribution is -0.114. The van der Waals surface area contributed by atoms with Gasteiger partial charge in [0, 0.05) is 24.5 Å². The van der Waals surface area contributed by atoms with Gasteiger partial charge in [0.2, 0.25) is 5.91 Å². The van der Waals surface area contributed by atoms with Crippen molar-refractivity contribution in [1.29, 1.82) is 0 Å². The van der Waals surface area contributed by atoms with Crippen LogP contribution in [0.5, 0.6) is 0 Å². The van der Waals surface area contributed by atoms with E-state index in [0.717, 1.165) is 12.8 Å². The van der Waals surface area contributed by atoms with Gasteiger partial charge in [-0.05, 0) is 37.5 Å². The number of aliphatic hydroxyl groups excluding tert-OH is 1. The van der Waals surface area contributed by atoms with Gasteiger partial charge in [-0.15, -0.1) is 0 Å². The molecule has 2 rings (SSSR count). The van der Waals surface area contributed by atoms with Crippen LogP contribution in [-0.2, 0) is 4.79 Å². The number of nitrogens with one attached hydrogen (secondary N) is 3. The molecule has 6 N–H and O–H groups in total. The number of nitrogens with zero attached hydrogens (tertiary/aromatic N) is 1. The zero-order chi connectivity index (χ0) is 18.8. The van der Waals surface area contributed by atoms with Gasteiger partial charge in [-0.3, -0.25) is 15.4 Å². The average Bonchev–Trinajstić information content (AvgIpc) is 2.50. The van der Waals surface area contributed by atoms with Crippen LogP contribution in [0.4, 0.5) is 0 Å². The molecule has 0 bridgehead atoms. The van der Waals surface area contributed by atoms with Crippen LogP contribution >= 0.6 is 0 Å². The quantitative estimate of drug-likeness (QED) is 0.471. The van der Waals surface area contributed by atoms with E-state index in [9.17, 15) is 9.90 Å². The number of amides is 1. The number of aliphatic hydroxyl groups is 1. The van der Waals surface area contributed by atoms with E-state index in [4.69, 9.17) is 5.73 Å². The van der Waals surface area contributed by atoms with E-state index in [2.05, 4.69) is 55.6 Å². The Kier molecular flexibility index (Phi) is 5.91. The Bertz CT molecular complexity index is 554. The topological polar surface area (TPSA) is 112 Å². The van der Waals surface area contributed by atoms with Crippen molar-refractivity contribution in [3.05, 3.63) is 11.8 Å². The summed E-state index contributed by atoms with van der Waals surface area (Å²) < 4.78 is 0. The van der Waals surface area contributed by atoms with Crippen molar-refractivity contribution in [3.63, 3.8) is 0 Å². The monoisotopic (exact) mass is 351 g/mol. The Labute approximate surface area is 150 Å². The number of aliphatic imine (C=N–C) groups is 1. The molecule has 2 aliphatic rings. The second-order valence-corrected chi connectivity index (χ2v) is 8.51. The molecular weight excluding hydrogens is 318 g/mol. The summed E-state index contributed by atoms with van der Waals surface area (Å²) in [5.74, 6) is -1.12. The number of nitrogens with two attached hydrogens (primary N) is 1. The molecule has 25 heavy (non-hydrogen) atoms. The van der Waals surface area contributed by atoms with Crippen molar-refractivity contribution in [1.82, 2.24) is 16.0 Å². The Morgan fingerprint density at radius 2 is 2.16 bits per heavy atom. The van der Waals surface area contributed by atoms with Gasteiger partial charge in [-0.2, -0.15) is 0 Å². The number of carbonyl (C=O) groups is 1. The van der Waals surface area contributed by atoms with Crippen LogP contribution in [0.2, 0.25) is 0 Å². The van der Waals surface area contributed by atoms with Crippen LogP contribution in [0.25, 0.3) is 0 Å². The molecule has 0 aromatic carbocycles. The molecule has 0 saturated heterocycles. The van der Waals surface area contributed by atoms with E-state index in [-0.39, 0.29) is 23.6 Å². The van der Waals surface area contributed by atoms with Crippen LogP contribution in [0.15, 0.2) is 16.8 Å². The smallest absolute Gasteiger partial charge is 0.251 e. The third-order valence-corrected chi connectivity index (χ3v) is 5.41. The predicted octanol–water partition coefficient (Wildman–Crippen LogP) is 0.804. The summed E-state index contributed by atoms with van der Waals surface area (Å²) in [6.45, 7) is 10.6. The van der Waals surface area contributed by atoms with Gasteiger partial charge in [-0.25, -0.2) is 4.99 Å². The minimum atomic E-state index is -0.920. The minimum absolute atomic E-state index is 0.0279. The van der Waals surface area contributed by atoms with Crippen molar-refractivity contribution in [3.8, 4) is 0 Å². The highest BCUT2D eigenvalue weighted by Gasteiger charge is 2.38. The Morgan fingerprint density at radius 1 is 1.48 bits per heavy atom. The second kappa shape index (κ2) is 7.43. The lowest BCUT2D eigenvalue weighted by Gasteiger charge is -2.44. The highest BCUT2D eigenvalue weighted by molar-refractivity contribution is 6.11. The first-order valence-electron chi connectivity index (χ1n) is 9.09. The van der Waals surface area contributed by atoms with Crippen LogP contribution in [0, 0.1) is 11.3 Å². The van der Waals surface area contributed by atoms with Crippen molar-refractivity contribution in [2.45, 2.75) is 78.0 Å². The molecule has 0 spiro atoms. The molecule has 142 valence electrons. The molecule has 5 atom stereocenters. The molecule has 0 aromatic heterocycles. The molecular formula is C18H33N5O2. The normalized spacial score (nSPS) is 34.2. The molecule has 1 saturated carbocycles. The van der Waals surface area contributed by atoms with E-state index in [0.29, 0.717) is 17.9 Å². The molecule has 0 aromatic rings. The van der Waals surface area contributed by atoms with Gasteiger partial charge in [-0.1, -0.05) is 27.7 Å². The largest absolute Gasteiger partial charge is 0.393 e. The van der Waals surface area contributed by atoms with Crippen molar-refractivity contribution < 1.29 is 9.90 Å². The summed E-state index contributed by atoms with van der Waals surface area (Å²) in [5.41, 5.74) is 5.69. The van der Waals surface area contributed by atoms with Gasteiger partial charge >= 0.3 is 0 Å². The summed E-state index contributed by atoms with van der Waals surface area (Å²) in [4.78, 5) is 15.9. The fraction of sp³-hybridized carbons (Fsp3) is 0.778. The molecule has 1 fully saturated rings. The fourth-order valence-electron chi connectivity index (χ4n) is 3.01. The first-order valence-corrected chi connectivity index (χ1v) is 9.09. The Balaban J connectivity index is 2.16. The fourth-order valence-corrected chi connectivity index (χ4v) is 3.01. The third-order valence-electron chi connectivity index (χ3n) is 5.41. The Morgan fingerprint density at radius 3 is 2.64 bits per heavy atom. The summed E-state index contributed by atoms with van der Waals surface area (Å²) in [6, 6.07) is 0.264. The van der Waals surface area contributed by atoms with Gasteiger partial charge < -0.3 is 16.2 Å². The van der Waals surface area contributed by atoms with Gasteiger partial charge in [0.05, 0.1) is 11.7 Å². The van der Waals surface area contributed by atoms with E-state index >= 15 is 0 Å². The van der Waals surface area contributed by atoms with Crippen LogP contribution in [0.1, 0.15) is 53.9 Å². The van der Waals surface area contributed by atoms with Gasteiger partial charge in [0.25, 0.3) is 5.91 Å². The highest BCUT2D eigenvalue weighted by Crippen LogP contribution is 2.27. The van der Waals surface area contributed by atoms with Crippen LogP contribution in [-0.4, -0.2) is 41.3 Å². The molecule has 1 aliphatic heterocycles. The third kappa shape index (κ3) is 5.03. The van der Waals surface area contributed by atoms with Crippen molar-refractivity contribution in [2.24, 2.45) is 22.1 Å². The molecule has 1 aliphatic carbocycles. The number of carbonyl (C=O) groups excluding carboxylic acids is 1. The Hall–Kier alpha value is -1.44. The number of rotatable bonds is 5. The number of primary amides is 1. The SMILES string of the molecule is C[C@@H]1CC[C@@H](NC2(N[C@@H](C)C(C)(C)C)N=CC(C(N)=O)=CN2)C[C@H]1O. The number of hydrogen-bond donors (Lipinski definition) is 5. The minimum Gasteiger partial charge on any atom is -0.393 e. The molecule has 7 nitrogen and oxygen atoms in total. The standard InChI is InChI=1S/C18H33N5O2/c1-11-6-7-14(8-15(11)24)23-18(22-12(2)17(3,4)5)20-9-13(10-21-18)16(19)25/h9-12,14-15,20,22-24H,6-8H2,1-5H3,(H2,19,25)/t11-,12+,14-,15-,18?/m1/s1. The van der Waals surface area contributed by atoms with Crippen LogP contribution in [0.3, 0.4) is 0 Å². The van der Waals surface area contributed by atoms with Crippen LogP contribution < -0.4 is 21.7 Å². The van der Waals surface area contributed by atoms with E-state index in [1.165, 1.54) is 6.21 Å². The molecule has 1 heterocycles. The van der Waals surface area contributed by atoms with Gasteiger partial charge in [0.1, 0.15) is 0 Å². The molecule has 1 unspecified atom stereocenters. The molecule has 7 heteroatoms. The van der Waals surface area contributed by atoms with Crippen molar-refractivity contribution >= 4 is 12.1 Å². The summed E-state index contributed by atoms with van der Waals surface area (Å²) in [6.07, 6.45) is 5.39. The van der Waals surface area contributed by atoms with Gasteiger partial charge in [0.15, 0.2) is 0 Å². The lowest BCUT2D eigenvalue weighted by atomic mass is 9.84. The maximum atomic E-state index is 11.4. The molecule has 0 radical (unpaired) electrons. The van der Waals surface area contributed by atoms with E-state index in [1.807, 2.05) is 0 Å². The lowest BCUT2D eigenvalue weighted by Crippen LogP contribution is -2.70. The zero-order valence-electron chi connectivity index (χ0n) is 16.0. The summed E-state index contributed by atoms with van der Waals surface area (Å²) in [5, 5.41) is 20.4. The van der Waals surface area contributed by atoms with Crippen molar-refractivity contribution in [2.75, 3.05) is 0 Å². The molecule has 1 amide bonds. The van der Waals surface area contributed by atoms with E-state index < -0.39 is 11.8 Å². The predicted molar refractivity (Wildman–Crippen MR) is 99.6 cm³/mol. The summed E-state index contributed by atoms with van der Waals surface area (Å²) in [7, 11) is 0. The second-order valence-electron chi connectivity index (χ2n) is 8.51. The average molecular weight is 351 g/mol. The zero-order valence-corrected chi connectivity index (χ0v) is 16.0. The van der Waals surface area contributed by atoms with E-state index in [1.54, 1.807) is 6.20 Å². The number of hydrogen-bond acceptors (Lipinski definition) is 6. The first kappa shape index (κ1) is 19.9. The maximum absolute atomic E-state index is 11.4.